The van der Waals surface area contributed by atoms with Gasteiger partial charge in [0.2, 0.25) is 5.91 Å². The molecule has 3 amide bonds. The first-order chi connectivity index (χ1) is 15.6. The van der Waals surface area contributed by atoms with Crippen LogP contribution in [0.4, 0.5) is 5.69 Å². The lowest BCUT2D eigenvalue weighted by Crippen LogP contribution is -2.52. The zero-order chi connectivity index (χ0) is 22.3. The number of nitrogens with one attached hydrogen (secondary N) is 1. The van der Waals surface area contributed by atoms with Crippen LogP contribution in [0.2, 0.25) is 0 Å². The quantitative estimate of drug-likeness (QED) is 0.785. The summed E-state index contributed by atoms with van der Waals surface area (Å²) >= 11 is 0. The van der Waals surface area contributed by atoms with Crippen LogP contribution in [-0.4, -0.2) is 78.2 Å². The predicted octanol–water partition coefficient (Wildman–Crippen LogP) is 2.71. The van der Waals surface area contributed by atoms with Gasteiger partial charge in [-0.25, -0.2) is 0 Å². The lowest BCUT2D eigenvalue weighted by molar-refractivity contribution is -0.133. The molecule has 0 unspecified atom stereocenters. The Hall–Kier alpha value is -3.19. The van der Waals surface area contributed by atoms with Crippen LogP contribution in [0.5, 0.6) is 0 Å². The second-order valence-electron chi connectivity index (χ2n) is 8.41. The fraction of sp³-hybridized carbons (Fsp3) is 0.400. The SMILES string of the molecule is O=C(Nc1ccc(C(=O)N2CCN(CC(=O)N3CCCCC3)CC2)cc1)c1ccccc1. The third kappa shape index (κ3) is 5.53. The molecule has 7 nitrogen and oxygen atoms in total. The highest BCUT2D eigenvalue weighted by Gasteiger charge is 2.25. The van der Waals surface area contributed by atoms with Crippen LogP contribution in [0.1, 0.15) is 40.0 Å². The molecule has 0 atom stereocenters. The fourth-order valence-corrected chi connectivity index (χ4v) is 4.22. The van der Waals surface area contributed by atoms with Gasteiger partial charge in [0, 0.05) is 56.1 Å². The Kier molecular flexibility index (Phi) is 7.17. The molecule has 4 rings (SSSR count). The summed E-state index contributed by atoms with van der Waals surface area (Å²) in [5, 5.41) is 2.85. The highest BCUT2D eigenvalue weighted by Crippen LogP contribution is 2.15. The smallest absolute Gasteiger partial charge is 0.255 e. The second-order valence-corrected chi connectivity index (χ2v) is 8.41. The Balaban J connectivity index is 1.26. The van der Waals surface area contributed by atoms with Gasteiger partial charge in [0.1, 0.15) is 0 Å². The molecule has 0 saturated carbocycles. The van der Waals surface area contributed by atoms with Crippen molar-refractivity contribution in [2.75, 3.05) is 51.1 Å². The van der Waals surface area contributed by atoms with Crippen molar-refractivity contribution in [1.29, 1.82) is 0 Å². The lowest BCUT2D eigenvalue weighted by Gasteiger charge is -2.36. The molecular formula is C25H30N4O3. The number of nitrogens with zero attached hydrogens (tertiary/aromatic N) is 3. The molecule has 0 spiro atoms. The number of hydrogen-bond donors (Lipinski definition) is 1. The molecule has 168 valence electrons. The zero-order valence-corrected chi connectivity index (χ0v) is 18.3. The second kappa shape index (κ2) is 10.4. The Morgan fingerprint density at radius 3 is 2.00 bits per heavy atom. The summed E-state index contributed by atoms with van der Waals surface area (Å²) in [6.07, 6.45) is 3.41. The van der Waals surface area contributed by atoms with Crippen molar-refractivity contribution in [2.24, 2.45) is 0 Å². The monoisotopic (exact) mass is 434 g/mol. The van der Waals surface area contributed by atoms with Crippen LogP contribution < -0.4 is 5.32 Å². The van der Waals surface area contributed by atoms with Crippen LogP contribution in [0.25, 0.3) is 0 Å². The average Bonchev–Trinajstić information content (AvgIpc) is 2.85. The predicted molar refractivity (Wildman–Crippen MR) is 124 cm³/mol. The number of carbonyl (C=O) groups is 3. The Morgan fingerprint density at radius 1 is 0.688 bits per heavy atom. The molecule has 2 heterocycles. The van der Waals surface area contributed by atoms with Gasteiger partial charge in [0.15, 0.2) is 0 Å². The third-order valence-electron chi connectivity index (χ3n) is 6.15. The van der Waals surface area contributed by atoms with Crippen LogP contribution in [0, 0.1) is 0 Å². The van der Waals surface area contributed by atoms with E-state index in [2.05, 4.69) is 10.2 Å². The van der Waals surface area contributed by atoms with Gasteiger partial charge < -0.3 is 15.1 Å². The number of piperazine rings is 1. The largest absolute Gasteiger partial charge is 0.342 e. The van der Waals surface area contributed by atoms with Crippen LogP contribution in [-0.2, 0) is 4.79 Å². The number of amides is 3. The molecule has 2 aliphatic rings. The van der Waals surface area contributed by atoms with Gasteiger partial charge in [-0.05, 0) is 55.7 Å². The van der Waals surface area contributed by atoms with E-state index in [1.165, 1.54) is 6.42 Å². The number of piperidine rings is 1. The molecule has 2 aromatic carbocycles. The number of likely N-dealkylation sites (tertiary alicyclic amines) is 1. The first kappa shape index (κ1) is 22.0. The fourth-order valence-electron chi connectivity index (χ4n) is 4.22. The summed E-state index contributed by atoms with van der Waals surface area (Å²) in [7, 11) is 0. The van der Waals surface area contributed by atoms with E-state index in [0.717, 1.165) is 25.9 Å². The van der Waals surface area contributed by atoms with Crippen molar-refractivity contribution >= 4 is 23.4 Å². The molecule has 2 saturated heterocycles. The van der Waals surface area contributed by atoms with Crippen molar-refractivity contribution in [3.05, 3.63) is 65.7 Å². The number of rotatable bonds is 5. The van der Waals surface area contributed by atoms with Crippen LogP contribution >= 0.6 is 0 Å². The van der Waals surface area contributed by atoms with Gasteiger partial charge in [-0.3, -0.25) is 19.3 Å². The molecule has 2 fully saturated rings. The Labute approximate surface area is 189 Å². The number of anilines is 1. The summed E-state index contributed by atoms with van der Waals surface area (Å²) in [4.78, 5) is 43.6. The third-order valence-corrected chi connectivity index (χ3v) is 6.15. The number of benzene rings is 2. The maximum absolute atomic E-state index is 12.9. The van der Waals surface area contributed by atoms with Gasteiger partial charge in [-0.15, -0.1) is 0 Å². The van der Waals surface area contributed by atoms with Gasteiger partial charge in [-0.2, -0.15) is 0 Å². The Bertz CT molecular complexity index is 931. The van der Waals surface area contributed by atoms with E-state index >= 15 is 0 Å². The van der Waals surface area contributed by atoms with Crippen molar-refractivity contribution in [3.8, 4) is 0 Å². The molecule has 2 aliphatic heterocycles. The maximum Gasteiger partial charge on any atom is 0.255 e. The zero-order valence-electron chi connectivity index (χ0n) is 18.3. The van der Waals surface area contributed by atoms with E-state index in [-0.39, 0.29) is 17.7 Å². The minimum absolute atomic E-state index is 0.0204. The highest BCUT2D eigenvalue weighted by molar-refractivity contribution is 6.04. The standard InChI is InChI=1S/C25H30N4O3/c30-23(28-13-5-2-6-14-28)19-27-15-17-29(18-16-27)25(32)21-9-11-22(12-10-21)26-24(31)20-7-3-1-4-8-20/h1,3-4,7-12H,2,5-6,13-19H2,(H,26,31). The summed E-state index contributed by atoms with van der Waals surface area (Å²) in [5.41, 5.74) is 1.83. The topological polar surface area (TPSA) is 73.0 Å². The molecule has 0 radical (unpaired) electrons. The molecule has 0 bridgehead atoms. The molecule has 1 N–H and O–H groups in total. The summed E-state index contributed by atoms with van der Waals surface area (Å²) < 4.78 is 0. The Morgan fingerprint density at radius 2 is 1.34 bits per heavy atom. The van der Waals surface area contributed by atoms with Crippen molar-refractivity contribution in [2.45, 2.75) is 19.3 Å². The minimum atomic E-state index is -0.181. The summed E-state index contributed by atoms with van der Waals surface area (Å²) in [6, 6.07) is 16.0. The van der Waals surface area contributed by atoms with Gasteiger partial charge in [0.25, 0.3) is 11.8 Å². The van der Waals surface area contributed by atoms with Crippen LogP contribution in [0.15, 0.2) is 54.6 Å². The molecule has 0 aromatic heterocycles. The van der Waals surface area contributed by atoms with E-state index in [9.17, 15) is 14.4 Å². The summed E-state index contributed by atoms with van der Waals surface area (Å²) in [6.45, 7) is 4.82. The van der Waals surface area contributed by atoms with Crippen molar-refractivity contribution < 1.29 is 14.4 Å². The lowest BCUT2D eigenvalue weighted by atomic mass is 10.1. The van der Waals surface area contributed by atoms with Crippen molar-refractivity contribution in [3.63, 3.8) is 0 Å². The molecular weight excluding hydrogens is 404 g/mol. The first-order valence-electron chi connectivity index (χ1n) is 11.4. The van der Waals surface area contributed by atoms with Gasteiger partial charge in [0.05, 0.1) is 6.54 Å². The number of hydrogen-bond acceptors (Lipinski definition) is 4. The normalized spacial score (nSPS) is 17.1. The van der Waals surface area contributed by atoms with E-state index in [1.807, 2.05) is 28.0 Å². The van der Waals surface area contributed by atoms with Crippen LogP contribution in [0.3, 0.4) is 0 Å². The van der Waals surface area contributed by atoms with Gasteiger partial charge >= 0.3 is 0 Å². The summed E-state index contributed by atoms with van der Waals surface area (Å²) in [5.74, 6) is 0.00505. The van der Waals surface area contributed by atoms with E-state index < -0.39 is 0 Å². The molecule has 7 heteroatoms. The average molecular weight is 435 g/mol. The van der Waals surface area contributed by atoms with E-state index in [4.69, 9.17) is 0 Å². The highest BCUT2D eigenvalue weighted by atomic mass is 16.2. The maximum atomic E-state index is 12.9. The minimum Gasteiger partial charge on any atom is -0.342 e. The molecule has 0 aliphatic carbocycles. The van der Waals surface area contributed by atoms with Crippen molar-refractivity contribution in [1.82, 2.24) is 14.7 Å². The molecule has 32 heavy (non-hydrogen) atoms. The van der Waals surface area contributed by atoms with E-state index in [0.29, 0.717) is 49.5 Å². The first-order valence-corrected chi connectivity index (χ1v) is 11.4. The van der Waals surface area contributed by atoms with E-state index in [1.54, 1.807) is 36.4 Å². The number of carbonyl (C=O) groups excluding carboxylic acids is 3. The van der Waals surface area contributed by atoms with Gasteiger partial charge in [-0.1, -0.05) is 18.2 Å². The molecule has 2 aromatic rings.